The van der Waals surface area contributed by atoms with Gasteiger partial charge in [-0.2, -0.15) is 13.2 Å². The normalized spacial score (nSPS) is 11.5. The fraction of sp³-hybridized carbons (Fsp3) is 0.200. The van der Waals surface area contributed by atoms with E-state index < -0.39 is 11.7 Å². The van der Waals surface area contributed by atoms with Gasteiger partial charge in [0.25, 0.3) is 0 Å². The summed E-state index contributed by atoms with van der Waals surface area (Å²) in [6.45, 7) is 2.76. The first-order valence-corrected chi connectivity index (χ1v) is 12.3. The Kier molecular flexibility index (Phi) is 7.43. The predicted molar refractivity (Wildman–Crippen MR) is 131 cm³/mol. The van der Waals surface area contributed by atoms with Crippen LogP contribution in [0.5, 0.6) is 5.75 Å². The van der Waals surface area contributed by atoms with Crippen molar-refractivity contribution in [1.82, 2.24) is 4.98 Å². The third kappa shape index (κ3) is 5.90. The van der Waals surface area contributed by atoms with Crippen LogP contribution in [0.1, 0.15) is 18.1 Å². The number of halogens is 3. The van der Waals surface area contributed by atoms with Crippen LogP contribution in [0, 0.1) is 0 Å². The fourth-order valence-corrected chi connectivity index (χ4v) is 5.12. The number of thioether (sulfide) groups is 1. The lowest BCUT2D eigenvalue weighted by molar-refractivity contribution is -0.137. The first-order valence-electron chi connectivity index (χ1n) is 10.5. The van der Waals surface area contributed by atoms with Crippen LogP contribution in [-0.4, -0.2) is 23.3 Å². The molecule has 9 heteroatoms. The molecule has 0 N–H and O–H groups in total. The van der Waals surface area contributed by atoms with Crippen molar-refractivity contribution in [2.45, 2.75) is 24.5 Å². The Morgan fingerprint density at radius 3 is 2.59 bits per heavy atom. The van der Waals surface area contributed by atoms with E-state index in [1.165, 1.54) is 17.4 Å². The number of amides is 1. The molecule has 0 unspecified atom stereocenters. The summed E-state index contributed by atoms with van der Waals surface area (Å²) in [4.78, 5) is 19.9. The third-order valence-electron chi connectivity index (χ3n) is 4.90. The molecule has 0 spiro atoms. The fourth-order valence-electron chi connectivity index (χ4n) is 3.28. The van der Waals surface area contributed by atoms with E-state index in [1.54, 1.807) is 11.0 Å². The number of carbonyl (C=O) groups is 1. The van der Waals surface area contributed by atoms with Crippen LogP contribution in [-0.2, 0) is 17.5 Å². The topological polar surface area (TPSA) is 42.4 Å². The Hall–Kier alpha value is -3.04. The Balaban J connectivity index is 1.58. The Labute approximate surface area is 203 Å². The summed E-state index contributed by atoms with van der Waals surface area (Å²) in [7, 11) is 0. The summed E-state index contributed by atoms with van der Waals surface area (Å²) in [6, 6.07) is 20.1. The van der Waals surface area contributed by atoms with E-state index in [0.29, 0.717) is 23.2 Å². The minimum Gasteiger partial charge on any atom is -0.494 e. The van der Waals surface area contributed by atoms with Gasteiger partial charge in [-0.05, 0) is 48.9 Å². The lowest BCUT2D eigenvalue weighted by Crippen LogP contribution is -2.31. The zero-order valence-corrected chi connectivity index (χ0v) is 19.8. The number of anilines is 1. The molecule has 1 amide bonds. The van der Waals surface area contributed by atoms with Crippen LogP contribution in [0.2, 0.25) is 0 Å². The number of hydrogen-bond acceptors (Lipinski definition) is 5. The van der Waals surface area contributed by atoms with Crippen LogP contribution >= 0.6 is 23.1 Å². The van der Waals surface area contributed by atoms with Gasteiger partial charge in [-0.15, -0.1) is 11.8 Å². The highest BCUT2D eigenvalue weighted by Gasteiger charge is 2.30. The van der Waals surface area contributed by atoms with Crippen molar-refractivity contribution in [3.8, 4) is 5.75 Å². The molecule has 1 aromatic heterocycles. The summed E-state index contributed by atoms with van der Waals surface area (Å²) < 4.78 is 45.6. The van der Waals surface area contributed by atoms with Crippen LogP contribution in [0.3, 0.4) is 0 Å². The smallest absolute Gasteiger partial charge is 0.416 e. The van der Waals surface area contributed by atoms with E-state index in [-0.39, 0.29) is 11.7 Å². The van der Waals surface area contributed by atoms with E-state index in [0.717, 1.165) is 45.4 Å². The molecular weight excluding hydrogens is 481 g/mol. The van der Waals surface area contributed by atoms with Gasteiger partial charge in [0, 0.05) is 4.90 Å². The van der Waals surface area contributed by atoms with Crippen molar-refractivity contribution >= 4 is 44.4 Å². The number of thiazole rings is 1. The van der Waals surface area contributed by atoms with Crippen molar-refractivity contribution in [2.24, 2.45) is 0 Å². The average Bonchev–Trinajstić information content (AvgIpc) is 3.24. The number of fused-ring (bicyclic) bond motifs is 1. The molecule has 0 saturated heterocycles. The molecule has 3 aromatic carbocycles. The number of alkyl halides is 3. The Morgan fingerprint density at radius 2 is 1.85 bits per heavy atom. The summed E-state index contributed by atoms with van der Waals surface area (Å²) in [5.41, 5.74) is 0.941. The van der Waals surface area contributed by atoms with Gasteiger partial charge in [-0.1, -0.05) is 47.7 Å². The SMILES string of the molecule is CCOc1ccc2nc(N(Cc3ccccc3)C(=O)CSc3cccc(C(F)(F)F)c3)sc2c1. The summed E-state index contributed by atoms with van der Waals surface area (Å²) in [6.07, 6.45) is -4.43. The molecular formula is C25H21F3N2O2S2. The molecule has 0 radical (unpaired) electrons. The molecule has 0 fully saturated rings. The van der Waals surface area contributed by atoms with Gasteiger partial charge in [0.05, 0.1) is 34.7 Å². The van der Waals surface area contributed by atoms with Gasteiger partial charge in [-0.3, -0.25) is 9.69 Å². The van der Waals surface area contributed by atoms with Crippen molar-refractivity contribution in [3.63, 3.8) is 0 Å². The first kappa shape index (κ1) is 24.1. The Morgan fingerprint density at radius 1 is 1.06 bits per heavy atom. The highest BCUT2D eigenvalue weighted by atomic mass is 32.2. The molecule has 34 heavy (non-hydrogen) atoms. The number of ether oxygens (including phenoxy) is 1. The van der Waals surface area contributed by atoms with Crippen molar-refractivity contribution in [3.05, 3.63) is 83.9 Å². The van der Waals surface area contributed by atoms with E-state index in [9.17, 15) is 18.0 Å². The zero-order valence-electron chi connectivity index (χ0n) is 18.2. The Bertz CT molecular complexity index is 1280. The van der Waals surface area contributed by atoms with E-state index >= 15 is 0 Å². The predicted octanol–water partition coefficient (Wildman–Crippen LogP) is 7.04. The summed E-state index contributed by atoms with van der Waals surface area (Å²) in [5.74, 6) is 0.468. The van der Waals surface area contributed by atoms with Crippen molar-refractivity contribution < 1.29 is 22.7 Å². The summed E-state index contributed by atoms with van der Waals surface area (Å²) in [5, 5.41) is 0.530. The van der Waals surface area contributed by atoms with Crippen LogP contribution < -0.4 is 9.64 Å². The maximum atomic E-state index is 13.3. The largest absolute Gasteiger partial charge is 0.494 e. The van der Waals surface area contributed by atoms with Gasteiger partial charge in [0.15, 0.2) is 5.13 Å². The number of aromatic nitrogens is 1. The van der Waals surface area contributed by atoms with Gasteiger partial charge in [-0.25, -0.2) is 4.98 Å². The third-order valence-corrected chi connectivity index (χ3v) is 6.92. The van der Waals surface area contributed by atoms with Crippen LogP contribution in [0.15, 0.2) is 77.7 Å². The highest BCUT2D eigenvalue weighted by molar-refractivity contribution is 8.00. The van der Waals surface area contributed by atoms with Crippen molar-refractivity contribution in [2.75, 3.05) is 17.3 Å². The van der Waals surface area contributed by atoms with E-state index in [2.05, 4.69) is 4.98 Å². The lowest BCUT2D eigenvalue weighted by atomic mass is 10.2. The second-order valence-electron chi connectivity index (χ2n) is 7.34. The van der Waals surface area contributed by atoms with E-state index in [4.69, 9.17) is 4.74 Å². The maximum absolute atomic E-state index is 13.3. The monoisotopic (exact) mass is 502 g/mol. The first-order chi connectivity index (χ1) is 16.3. The standard InChI is InChI=1S/C25H21F3N2O2S2/c1-2-32-19-11-12-21-22(14-19)34-24(29-21)30(15-17-7-4-3-5-8-17)23(31)16-33-20-10-6-9-18(13-20)25(26,27)28/h3-14H,2,15-16H2,1H3. The van der Waals surface area contributed by atoms with Gasteiger partial charge >= 0.3 is 6.18 Å². The second kappa shape index (κ2) is 10.5. The molecule has 0 bridgehead atoms. The molecule has 0 saturated carbocycles. The van der Waals surface area contributed by atoms with E-state index in [1.807, 2.05) is 55.5 Å². The lowest BCUT2D eigenvalue weighted by Gasteiger charge is -2.20. The number of rotatable bonds is 8. The zero-order chi connectivity index (χ0) is 24.1. The van der Waals surface area contributed by atoms with Gasteiger partial charge in [0.1, 0.15) is 5.75 Å². The second-order valence-corrected chi connectivity index (χ2v) is 9.40. The number of benzene rings is 3. The van der Waals surface area contributed by atoms with Crippen LogP contribution in [0.4, 0.5) is 18.3 Å². The number of nitrogens with zero attached hydrogens (tertiary/aromatic N) is 2. The van der Waals surface area contributed by atoms with Crippen molar-refractivity contribution in [1.29, 1.82) is 0 Å². The average molecular weight is 503 g/mol. The molecule has 0 aliphatic rings. The molecule has 1 heterocycles. The number of carbonyl (C=O) groups excluding carboxylic acids is 1. The highest BCUT2D eigenvalue weighted by Crippen LogP contribution is 2.34. The molecule has 0 aliphatic heterocycles. The molecule has 0 aliphatic carbocycles. The summed E-state index contributed by atoms with van der Waals surface area (Å²) >= 11 is 2.45. The van der Waals surface area contributed by atoms with Crippen LogP contribution in [0.25, 0.3) is 10.2 Å². The quantitative estimate of drug-likeness (QED) is 0.242. The molecule has 0 atom stereocenters. The number of hydrogen-bond donors (Lipinski definition) is 0. The minimum atomic E-state index is -4.43. The molecule has 4 rings (SSSR count). The maximum Gasteiger partial charge on any atom is 0.416 e. The minimum absolute atomic E-state index is 0.0196. The molecule has 4 nitrogen and oxygen atoms in total. The van der Waals surface area contributed by atoms with Gasteiger partial charge in [0.2, 0.25) is 5.91 Å². The molecule has 176 valence electrons. The molecule has 4 aromatic rings. The van der Waals surface area contributed by atoms with Gasteiger partial charge < -0.3 is 4.74 Å².